The first kappa shape index (κ1) is 14.0. The molecule has 1 fully saturated rings. The third-order valence-corrected chi connectivity index (χ3v) is 3.46. The lowest BCUT2D eigenvalue weighted by Crippen LogP contribution is -2.55. The number of carbonyl (C=O) groups is 2. The van der Waals surface area contributed by atoms with Crippen molar-refractivity contribution in [2.75, 3.05) is 7.05 Å². The van der Waals surface area contributed by atoms with Crippen molar-refractivity contribution in [3.8, 4) is 0 Å². The molecule has 3 atom stereocenters. The second-order valence-corrected chi connectivity index (χ2v) is 4.89. The summed E-state index contributed by atoms with van der Waals surface area (Å²) in [5.74, 6) is -0.101. The number of likely N-dealkylation sites (N-methyl/N-ethyl adjacent to an activating group) is 1. The Morgan fingerprint density at radius 1 is 1.35 bits per heavy atom. The maximum absolute atomic E-state index is 11.6. The molecule has 0 radical (unpaired) electrons. The van der Waals surface area contributed by atoms with E-state index < -0.39 is 6.04 Å². The summed E-state index contributed by atoms with van der Waals surface area (Å²) < 4.78 is 0. The molecule has 5 heteroatoms. The minimum absolute atomic E-state index is 0.0381. The zero-order valence-corrected chi connectivity index (χ0v) is 10.9. The number of carbonyl (C=O) groups excluding carboxylic acids is 2. The van der Waals surface area contributed by atoms with Crippen LogP contribution in [0.3, 0.4) is 0 Å². The van der Waals surface area contributed by atoms with Crippen LogP contribution >= 0.6 is 0 Å². The van der Waals surface area contributed by atoms with E-state index in [0.717, 1.165) is 25.7 Å². The molecule has 3 N–H and O–H groups in total. The van der Waals surface area contributed by atoms with Crippen molar-refractivity contribution in [3.05, 3.63) is 0 Å². The van der Waals surface area contributed by atoms with Gasteiger partial charge >= 0.3 is 0 Å². The summed E-state index contributed by atoms with van der Waals surface area (Å²) in [6, 6.07) is -0.361. The Morgan fingerprint density at radius 2 is 1.94 bits per heavy atom. The van der Waals surface area contributed by atoms with Crippen molar-refractivity contribution < 1.29 is 9.59 Å². The lowest BCUT2D eigenvalue weighted by atomic mass is 9.89. The normalized spacial score (nSPS) is 26.1. The fraction of sp³-hybridized carbons (Fsp3) is 0.833. The molecule has 0 spiro atoms. The zero-order valence-electron chi connectivity index (χ0n) is 10.9. The zero-order chi connectivity index (χ0) is 13.0. The van der Waals surface area contributed by atoms with Gasteiger partial charge in [0.15, 0.2) is 0 Å². The second kappa shape index (κ2) is 6.00. The van der Waals surface area contributed by atoms with Gasteiger partial charge in [-0.15, -0.1) is 0 Å². The SMILES string of the molecule is CC(=O)N(C)[C@H]1CCCC[C@H]1NC(=O)[C@H](C)N. The average molecular weight is 241 g/mol. The van der Waals surface area contributed by atoms with Crippen LogP contribution in [0, 0.1) is 0 Å². The maximum atomic E-state index is 11.6. The highest BCUT2D eigenvalue weighted by molar-refractivity contribution is 5.81. The Hall–Kier alpha value is -1.10. The van der Waals surface area contributed by atoms with Crippen LogP contribution in [-0.4, -0.2) is 41.9 Å². The number of rotatable bonds is 3. The van der Waals surface area contributed by atoms with Gasteiger partial charge < -0.3 is 16.0 Å². The summed E-state index contributed by atoms with van der Waals surface area (Å²) in [5, 5.41) is 2.95. The van der Waals surface area contributed by atoms with Crippen molar-refractivity contribution in [2.45, 2.75) is 57.7 Å². The molecule has 0 aromatic heterocycles. The van der Waals surface area contributed by atoms with Crippen LogP contribution < -0.4 is 11.1 Å². The van der Waals surface area contributed by atoms with Gasteiger partial charge in [0.2, 0.25) is 11.8 Å². The van der Waals surface area contributed by atoms with E-state index in [9.17, 15) is 9.59 Å². The van der Waals surface area contributed by atoms with Gasteiger partial charge in [0.05, 0.1) is 12.1 Å². The number of hydrogen-bond acceptors (Lipinski definition) is 3. The molecule has 1 aliphatic rings. The highest BCUT2D eigenvalue weighted by Gasteiger charge is 2.31. The van der Waals surface area contributed by atoms with E-state index in [-0.39, 0.29) is 23.9 Å². The molecule has 1 aliphatic carbocycles. The first-order chi connectivity index (χ1) is 7.93. The third-order valence-electron chi connectivity index (χ3n) is 3.46. The van der Waals surface area contributed by atoms with Crippen molar-refractivity contribution in [1.29, 1.82) is 0 Å². The summed E-state index contributed by atoms with van der Waals surface area (Å²) in [7, 11) is 1.79. The molecule has 98 valence electrons. The lowest BCUT2D eigenvalue weighted by molar-refractivity contribution is -0.132. The first-order valence-corrected chi connectivity index (χ1v) is 6.23. The summed E-state index contributed by atoms with van der Waals surface area (Å²) >= 11 is 0. The molecule has 0 bridgehead atoms. The molecule has 0 unspecified atom stereocenters. The smallest absolute Gasteiger partial charge is 0.236 e. The largest absolute Gasteiger partial charge is 0.350 e. The van der Waals surface area contributed by atoms with E-state index in [2.05, 4.69) is 5.32 Å². The quantitative estimate of drug-likeness (QED) is 0.743. The van der Waals surface area contributed by atoms with Crippen LogP contribution in [0.1, 0.15) is 39.5 Å². The van der Waals surface area contributed by atoms with Gasteiger partial charge in [-0.3, -0.25) is 9.59 Å². The summed E-state index contributed by atoms with van der Waals surface area (Å²) in [5.41, 5.74) is 5.54. The minimum Gasteiger partial charge on any atom is -0.350 e. The van der Waals surface area contributed by atoms with Gasteiger partial charge in [0.1, 0.15) is 0 Å². The molecule has 0 aromatic rings. The summed E-state index contributed by atoms with van der Waals surface area (Å²) in [6.45, 7) is 3.22. The molecule has 0 aliphatic heterocycles. The predicted octanol–water partition coefficient (Wildman–Crippen LogP) is 0.239. The van der Waals surface area contributed by atoms with Gasteiger partial charge in [-0.1, -0.05) is 12.8 Å². The van der Waals surface area contributed by atoms with Gasteiger partial charge in [-0.25, -0.2) is 0 Å². The number of nitrogens with two attached hydrogens (primary N) is 1. The second-order valence-electron chi connectivity index (χ2n) is 4.89. The number of amides is 2. The van der Waals surface area contributed by atoms with Crippen LogP contribution in [0.2, 0.25) is 0 Å². The van der Waals surface area contributed by atoms with Gasteiger partial charge in [-0.05, 0) is 19.8 Å². The Bertz CT molecular complexity index is 291. The molecule has 5 nitrogen and oxygen atoms in total. The van der Waals surface area contributed by atoms with E-state index in [0.29, 0.717) is 0 Å². The van der Waals surface area contributed by atoms with Gasteiger partial charge in [0, 0.05) is 20.0 Å². The molecule has 0 saturated heterocycles. The highest BCUT2D eigenvalue weighted by atomic mass is 16.2. The van der Waals surface area contributed by atoms with Crippen molar-refractivity contribution in [3.63, 3.8) is 0 Å². The van der Waals surface area contributed by atoms with Gasteiger partial charge in [0.25, 0.3) is 0 Å². The topological polar surface area (TPSA) is 75.4 Å². The van der Waals surface area contributed by atoms with Crippen LogP contribution in [-0.2, 0) is 9.59 Å². The Kier molecular flexibility index (Phi) is 4.93. The summed E-state index contributed by atoms with van der Waals surface area (Å²) in [4.78, 5) is 24.7. The fourth-order valence-corrected chi connectivity index (χ4v) is 2.29. The van der Waals surface area contributed by atoms with Crippen molar-refractivity contribution in [2.24, 2.45) is 5.73 Å². The Morgan fingerprint density at radius 3 is 2.47 bits per heavy atom. The highest BCUT2D eigenvalue weighted by Crippen LogP contribution is 2.22. The van der Waals surface area contributed by atoms with E-state index in [1.54, 1.807) is 25.8 Å². The molecule has 2 amide bonds. The Balaban J connectivity index is 2.66. The van der Waals surface area contributed by atoms with E-state index in [1.165, 1.54) is 0 Å². The molecule has 1 rings (SSSR count). The Labute approximate surface area is 103 Å². The predicted molar refractivity (Wildman–Crippen MR) is 66.3 cm³/mol. The van der Waals surface area contributed by atoms with Crippen LogP contribution in [0.5, 0.6) is 0 Å². The minimum atomic E-state index is -0.500. The molecule has 0 heterocycles. The summed E-state index contributed by atoms with van der Waals surface area (Å²) in [6.07, 6.45) is 4.06. The van der Waals surface area contributed by atoms with Crippen LogP contribution in [0.4, 0.5) is 0 Å². The third kappa shape index (κ3) is 3.70. The molecule has 0 aromatic carbocycles. The number of hydrogen-bond donors (Lipinski definition) is 2. The van der Waals surface area contributed by atoms with E-state index in [4.69, 9.17) is 5.73 Å². The monoisotopic (exact) mass is 241 g/mol. The molecular formula is C12H23N3O2. The van der Waals surface area contributed by atoms with E-state index >= 15 is 0 Å². The molecular weight excluding hydrogens is 218 g/mol. The van der Waals surface area contributed by atoms with Crippen molar-refractivity contribution in [1.82, 2.24) is 10.2 Å². The number of nitrogens with zero attached hydrogens (tertiary/aromatic N) is 1. The van der Waals surface area contributed by atoms with Crippen LogP contribution in [0.15, 0.2) is 0 Å². The van der Waals surface area contributed by atoms with Crippen LogP contribution in [0.25, 0.3) is 0 Å². The standard InChI is InChI=1S/C12H23N3O2/c1-8(13)12(17)14-10-6-4-5-7-11(10)15(3)9(2)16/h8,10-11H,4-7,13H2,1-3H3,(H,14,17)/t8-,10+,11-/m0/s1. The molecule has 17 heavy (non-hydrogen) atoms. The lowest BCUT2D eigenvalue weighted by Gasteiger charge is -2.38. The van der Waals surface area contributed by atoms with Gasteiger partial charge in [-0.2, -0.15) is 0 Å². The number of nitrogens with one attached hydrogen (secondary N) is 1. The van der Waals surface area contributed by atoms with E-state index in [1.807, 2.05) is 0 Å². The average Bonchev–Trinajstić information content (AvgIpc) is 2.28. The van der Waals surface area contributed by atoms with Crippen molar-refractivity contribution >= 4 is 11.8 Å². The fourth-order valence-electron chi connectivity index (χ4n) is 2.29. The molecule has 1 saturated carbocycles. The first-order valence-electron chi connectivity index (χ1n) is 6.23. The maximum Gasteiger partial charge on any atom is 0.236 e.